The van der Waals surface area contributed by atoms with Crippen molar-refractivity contribution < 1.29 is 5.11 Å². The van der Waals surface area contributed by atoms with E-state index in [9.17, 15) is 5.11 Å². The zero-order chi connectivity index (χ0) is 11.4. The maximum Gasteiger partial charge on any atom is 0.0710 e. The molecule has 2 aliphatic carbocycles. The molecule has 3 nitrogen and oxygen atoms in total. The Morgan fingerprint density at radius 3 is 1.69 bits per heavy atom. The van der Waals surface area contributed by atoms with Gasteiger partial charge in [0.15, 0.2) is 0 Å². The maximum absolute atomic E-state index is 9.40. The minimum Gasteiger partial charge on any atom is -0.393 e. The van der Waals surface area contributed by atoms with E-state index in [4.69, 9.17) is 0 Å². The summed E-state index contributed by atoms with van der Waals surface area (Å²) in [6.07, 6.45) is 8.85. The molecule has 0 unspecified atom stereocenters. The lowest BCUT2D eigenvalue weighted by Crippen LogP contribution is -2.21. The Labute approximate surface area is 98.3 Å². The fourth-order valence-electron chi connectivity index (χ4n) is 2.72. The van der Waals surface area contributed by atoms with Gasteiger partial charge in [-0.15, -0.1) is 0 Å². The SMILES string of the molecule is CC1CCC(/N=N/C2CCC(O)CC2)CC1. The lowest BCUT2D eigenvalue weighted by Gasteiger charge is -2.24. The molecule has 0 bridgehead atoms. The van der Waals surface area contributed by atoms with Crippen LogP contribution in [0.4, 0.5) is 0 Å². The highest BCUT2D eigenvalue weighted by Crippen LogP contribution is 2.27. The van der Waals surface area contributed by atoms with E-state index in [2.05, 4.69) is 17.2 Å². The molecule has 0 aromatic carbocycles. The van der Waals surface area contributed by atoms with Crippen LogP contribution in [0.1, 0.15) is 58.3 Å². The molecule has 92 valence electrons. The molecule has 2 fully saturated rings. The first-order chi connectivity index (χ1) is 7.74. The molecule has 0 aromatic heterocycles. The van der Waals surface area contributed by atoms with Crippen molar-refractivity contribution in [1.29, 1.82) is 0 Å². The second-order valence-electron chi connectivity index (χ2n) is 5.61. The molecule has 0 aromatic rings. The van der Waals surface area contributed by atoms with Gasteiger partial charge < -0.3 is 5.11 Å². The zero-order valence-corrected chi connectivity index (χ0v) is 10.3. The third kappa shape index (κ3) is 3.55. The van der Waals surface area contributed by atoms with Crippen LogP contribution < -0.4 is 0 Å². The molecule has 0 heterocycles. The summed E-state index contributed by atoms with van der Waals surface area (Å²) < 4.78 is 0. The number of aliphatic hydroxyl groups excluding tert-OH is 1. The Morgan fingerprint density at radius 1 is 0.750 bits per heavy atom. The van der Waals surface area contributed by atoms with Crippen molar-refractivity contribution in [2.24, 2.45) is 16.1 Å². The molecule has 0 radical (unpaired) electrons. The lowest BCUT2D eigenvalue weighted by atomic mass is 9.88. The Balaban J connectivity index is 1.72. The minimum absolute atomic E-state index is 0.0815. The molecule has 2 aliphatic rings. The molecule has 0 saturated heterocycles. The van der Waals surface area contributed by atoms with Gasteiger partial charge in [-0.2, -0.15) is 10.2 Å². The monoisotopic (exact) mass is 224 g/mol. The van der Waals surface area contributed by atoms with Crippen molar-refractivity contribution in [2.75, 3.05) is 0 Å². The van der Waals surface area contributed by atoms with Crippen molar-refractivity contribution in [2.45, 2.75) is 76.5 Å². The summed E-state index contributed by atoms with van der Waals surface area (Å²) in [6, 6.07) is 0.880. The van der Waals surface area contributed by atoms with Gasteiger partial charge in [0.25, 0.3) is 0 Å². The first-order valence-corrected chi connectivity index (χ1v) is 6.82. The quantitative estimate of drug-likeness (QED) is 0.718. The largest absolute Gasteiger partial charge is 0.393 e. The third-order valence-corrected chi connectivity index (χ3v) is 4.04. The van der Waals surface area contributed by atoms with Gasteiger partial charge in [0.1, 0.15) is 0 Å². The second-order valence-corrected chi connectivity index (χ2v) is 5.61. The van der Waals surface area contributed by atoms with Crippen molar-refractivity contribution in [1.82, 2.24) is 0 Å². The Bertz CT molecular complexity index is 202. The Kier molecular flexibility index (Phi) is 4.33. The molecule has 3 heteroatoms. The van der Waals surface area contributed by atoms with Gasteiger partial charge in [0.2, 0.25) is 0 Å². The highest BCUT2D eigenvalue weighted by molar-refractivity contribution is 4.78. The normalized spacial score (nSPS) is 41.4. The van der Waals surface area contributed by atoms with E-state index >= 15 is 0 Å². The van der Waals surface area contributed by atoms with Crippen molar-refractivity contribution in [3.63, 3.8) is 0 Å². The number of hydrogen-bond acceptors (Lipinski definition) is 3. The lowest BCUT2D eigenvalue weighted by molar-refractivity contribution is 0.122. The summed E-state index contributed by atoms with van der Waals surface area (Å²) in [7, 11) is 0. The first kappa shape index (κ1) is 12.0. The van der Waals surface area contributed by atoms with E-state index in [1.54, 1.807) is 0 Å². The van der Waals surface area contributed by atoms with Crippen LogP contribution in [0.25, 0.3) is 0 Å². The summed E-state index contributed by atoms with van der Waals surface area (Å²) in [6.45, 7) is 2.33. The number of rotatable bonds is 2. The summed E-state index contributed by atoms with van der Waals surface area (Å²) in [5, 5.41) is 18.4. The van der Waals surface area contributed by atoms with Gasteiger partial charge in [-0.1, -0.05) is 6.92 Å². The van der Waals surface area contributed by atoms with Crippen LogP contribution in [0.5, 0.6) is 0 Å². The van der Waals surface area contributed by atoms with Crippen LogP contribution in [0.2, 0.25) is 0 Å². The standard InChI is InChI=1S/C13H24N2O/c1-10-2-4-11(5-3-10)14-15-12-6-8-13(16)9-7-12/h10-13,16H,2-9H2,1H3/b15-14+. The smallest absolute Gasteiger partial charge is 0.0710 e. The van der Waals surface area contributed by atoms with Crippen LogP contribution in [0.15, 0.2) is 10.2 Å². The summed E-state index contributed by atoms with van der Waals surface area (Å²) >= 11 is 0. The van der Waals surface area contributed by atoms with Crippen LogP contribution in [-0.2, 0) is 0 Å². The predicted octanol–water partition coefficient (Wildman–Crippen LogP) is 3.32. The summed E-state index contributed by atoms with van der Waals surface area (Å²) in [5.41, 5.74) is 0. The zero-order valence-electron chi connectivity index (χ0n) is 10.3. The van der Waals surface area contributed by atoms with E-state index in [0.29, 0.717) is 12.1 Å². The molecular weight excluding hydrogens is 200 g/mol. The van der Waals surface area contributed by atoms with Crippen LogP contribution in [-0.4, -0.2) is 23.3 Å². The average molecular weight is 224 g/mol. The van der Waals surface area contributed by atoms with Crippen LogP contribution in [0, 0.1) is 5.92 Å². The number of aliphatic hydroxyl groups is 1. The summed E-state index contributed by atoms with van der Waals surface area (Å²) in [5.74, 6) is 0.885. The van der Waals surface area contributed by atoms with E-state index in [-0.39, 0.29) is 6.10 Å². The number of hydrogen-bond donors (Lipinski definition) is 1. The number of nitrogens with zero attached hydrogens (tertiary/aromatic N) is 2. The molecule has 0 spiro atoms. The van der Waals surface area contributed by atoms with Crippen molar-refractivity contribution >= 4 is 0 Å². The van der Waals surface area contributed by atoms with Crippen LogP contribution >= 0.6 is 0 Å². The topological polar surface area (TPSA) is 45.0 Å². The third-order valence-electron chi connectivity index (χ3n) is 4.04. The van der Waals surface area contributed by atoms with E-state index in [0.717, 1.165) is 31.6 Å². The second kappa shape index (κ2) is 5.76. The Morgan fingerprint density at radius 2 is 1.19 bits per heavy atom. The summed E-state index contributed by atoms with van der Waals surface area (Å²) in [4.78, 5) is 0. The maximum atomic E-state index is 9.40. The van der Waals surface area contributed by atoms with Crippen LogP contribution in [0.3, 0.4) is 0 Å². The molecular formula is C13H24N2O. The molecule has 0 aliphatic heterocycles. The Hall–Kier alpha value is -0.440. The van der Waals surface area contributed by atoms with Gasteiger partial charge in [-0.3, -0.25) is 0 Å². The van der Waals surface area contributed by atoms with Gasteiger partial charge in [0.05, 0.1) is 18.2 Å². The van der Waals surface area contributed by atoms with Crippen molar-refractivity contribution in [3.05, 3.63) is 0 Å². The van der Waals surface area contributed by atoms with Gasteiger partial charge in [-0.05, 0) is 57.3 Å². The van der Waals surface area contributed by atoms with Crippen molar-refractivity contribution in [3.8, 4) is 0 Å². The highest BCUT2D eigenvalue weighted by atomic mass is 16.3. The van der Waals surface area contributed by atoms with E-state index < -0.39 is 0 Å². The fourth-order valence-corrected chi connectivity index (χ4v) is 2.72. The molecule has 0 atom stereocenters. The molecule has 16 heavy (non-hydrogen) atoms. The first-order valence-electron chi connectivity index (χ1n) is 6.82. The predicted molar refractivity (Wildman–Crippen MR) is 64.5 cm³/mol. The number of azo groups is 1. The van der Waals surface area contributed by atoms with Gasteiger partial charge >= 0.3 is 0 Å². The highest BCUT2D eigenvalue weighted by Gasteiger charge is 2.20. The minimum atomic E-state index is -0.0815. The fraction of sp³-hybridized carbons (Fsp3) is 1.00. The molecule has 2 rings (SSSR count). The van der Waals surface area contributed by atoms with Gasteiger partial charge in [0, 0.05) is 0 Å². The van der Waals surface area contributed by atoms with Gasteiger partial charge in [-0.25, -0.2) is 0 Å². The van der Waals surface area contributed by atoms with E-state index in [1.807, 2.05) is 0 Å². The molecule has 0 amide bonds. The van der Waals surface area contributed by atoms with E-state index in [1.165, 1.54) is 25.7 Å². The molecule has 2 saturated carbocycles. The average Bonchev–Trinajstić information content (AvgIpc) is 2.30. The molecule has 1 N–H and O–H groups in total.